The molecule has 0 radical (unpaired) electrons. The van der Waals surface area contributed by atoms with E-state index in [0.717, 1.165) is 42.9 Å². The Hall–Kier alpha value is -2.23. The quantitative estimate of drug-likeness (QED) is 0.874. The Bertz CT molecular complexity index is 642. The smallest absolute Gasteiger partial charge is 0.227 e. The van der Waals surface area contributed by atoms with Crippen molar-refractivity contribution >= 4 is 5.91 Å². The number of rotatable bonds is 3. The predicted octanol–water partition coefficient (Wildman–Crippen LogP) is 3.08. The molecule has 0 saturated carbocycles. The SMILES string of the molecule is Cc1ccnc(C2CCCCN2C(=O)Cc2ccccc2)n1. The van der Waals surface area contributed by atoms with Gasteiger partial charge in [-0.3, -0.25) is 4.79 Å². The molecule has 1 aromatic carbocycles. The number of likely N-dealkylation sites (tertiary alicyclic amines) is 1. The first kappa shape index (κ1) is 14.7. The molecule has 1 amide bonds. The Balaban J connectivity index is 1.79. The molecule has 0 N–H and O–H groups in total. The molecular formula is C18H21N3O. The van der Waals surface area contributed by atoms with Gasteiger partial charge in [-0.25, -0.2) is 9.97 Å². The van der Waals surface area contributed by atoms with E-state index in [2.05, 4.69) is 9.97 Å². The molecule has 3 rings (SSSR count). The average molecular weight is 295 g/mol. The lowest BCUT2D eigenvalue weighted by atomic mass is 10.00. The van der Waals surface area contributed by atoms with Gasteiger partial charge >= 0.3 is 0 Å². The number of piperidine rings is 1. The highest BCUT2D eigenvalue weighted by atomic mass is 16.2. The average Bonchev–Trinajstić information content (AvgIpc) is 2.56. The molecule has 0 aliphatic carbocycles. The Morgan fingerprint density at radius 1 is 1.23 bits per heavy atom. The van der Waals surface area contributed by atoms with Crippen LogP contribution in [0.25, 0.3) is 0 Å². The number of nitrogens with zero attached hydrogens (tertiary/aromatic N) is 3. The third-order valence-electron chi connectivity index (χ3n) is 4.13. The molecule has 4 nitrogen and oxygen atoms in total. The van der Waals surface area contributed by atoms with Crippen LogP contribution in [-0.4, -0.2) is 27.3 Å². The zero-order valence-corrected chi connectivity index (χ0v) is 12.9. The molecule has 1 aliphatic heterocycles. The Kier molecular flexibility index (Phi) is 4.47. The van der Waals surface area contributed by atoms with E-state index in [0.29, 0.717) is 6.42 Å². The Morgan fingerprint density at radius 3 is 2.82 bits per heavy atom. The topological polar surface area (TPSA) is 46.1 Å². The molecule has 1 aliphatic rings. The Labute approximate surface area is 131 Å². The van der Waals surface area contributed by atoms with Crippen molar-refractivity contribution in [3.8, 4) is 0 Å². The minimum absolute atomic E-state index is 0.0184. The number of carbonyl (C=O) groups excluding carboxylic acids is 1. The monoisotopic (exact) mass is 295 g/mol. The second-order valence-corrected chi connectivity index (χ2v) is 5.82. The normalized spacial score (nSPS) is 18.2. The first-order chi connectivity index (χ1) is 10.7. The van der Waals surface area contributed by atoms with E-state index in [1.807, 2.05) is 48.2 Å². The van der Waals surface area contributed by atoms with Gasteiger partial charge in [0.2, 0.25) is 5.91 Å². The van der Waals surface area contributed by atoms with Crippen molar-refractivity contribution in [2.24, 2.45) is 0 Å². The van der Waals surface area contributed by atoms with Gasteiger partial charge in [0.05, 0.1) is 12.5 Å². The van der Waals surface area contributed by atoms with Crippen LogP contribution < -0.4 is 0 Å². The van der Waals surface area contributed by atoms with E-state index >= 15 is 0 Å². The van der Waals surface area contributed by atoms with E-state index in [-0.39, 0.29) is 11.9 Å². The van der Waals surface area contributed by atoms with Crippen molar-refractivity contribution in [2.45, 2.75) is 38.6 Å². The lowest BCUT2D eigenvalue weighted by Gasteiger charge is -2.35. The molecule has 1 fully saturated rings. The summed E-state index contributed by atoms with van der Waals surface area (Å²) in [6.45, 7) is 2.76. The van der Waals surface area contributed by atoms with Crippen LogP contribution in [0, 0.1) is 6.92 Å². The zero-order valence-electron chi connectivity index (χ0n) is 12.9. The van der Waals surface area contributed by atoms with Crippen LogP contribution in [0.15, 0.2) is 42.6 Å². The molecule has 2 aromatic rings. The fourth-order valence-electron chi connectivity index (χ4n) is 3.00. The molecular weight excluding hydrogens is 274 g/mol. The number of hydrogen-bond donors (Lipinski definition) is 0. The molecule has 114 valence electrons. The van der Waals surface area contributed by atoms with Gasteiger partial charge in [-0.15, -0.1) is 0 Å². The molecule has 4 heteroatoms. The third kappa shape index (κ3) is 3.32. The second kappa shape index (κ2) is 6.69. The largest absolute Gasteiger partial charge is 0.332 e. The first-order valence-electron chi connectivity index (χ1n) is 7.87. The molecule has 0 spiro atoms. The summed E-state index contributed by atoms with van der Waals surface area (Å²) in [4.78, 5) is 23.6. The molecule has 1 unspecified atom stereocenters. The first-order valence-corrected chi connectivity index (χ1v) is 7.87. The molecule has 1 atom stereocenters. The standard InChI is InChI=1S/C18H21N3O/c1-14-10-11-19-18(20-14)16-9-5-6-12-21(16)17(22)13-15-7-3-2-4-8-15/h2-4,7-8,10-11,16H,5-6,9,12-13H2,1H3. The van der Waals surface area contributed by atoms with Gasteiger partial charge in [-0.1, -0.05) is 30.3 Å². The van der Waals surface area contributed by atoms with Crippen molar-refractivity contribution < 1.29 is 4.79 Å². The third-order valence-corrected chi connectivity index (χ3v) is 4.13. The maximum Gasteiger partial charge on any atom is 0.227 e. The number of benzene rings is 1. The molecule has 1 aromatic heterocycles. The summed E-state index contributed by atoms with van der Waals surface area (Å²) in [7, 11) is 0. The summed E-state index contributed by atoms with van der Waals surface area (Å²) < 4.78 is 0. The van der Waals surface area contributed by atoms with E-state index in [9.17, 15) is 4.79 Å². The van der Waals surface area contributed by atoms with Crippen molar-refractivity contribution in [3.05, 3.63) is 59.7 Å². The van der Waals surface area contributed by atoms with E-state index in [1.165, 1.54) is 0 Å². The fourth-order valence-corrected chi connectivity index (χ4v) is 3.00. The summed E-state index contributed by atoms with van der Waals surface area (Å²) >= 11 is 0. The van der Waals surface area contributed by atoms with Crippen molar-refractivity contribution in [1.29, 1.82) is 0 Å². The highest BCUT2D eigenvalue weighted by Gasteiger charge is 2.29. The van der Waals surface area contributed by atoms with Gasteiger partial charge in [-0.05, 0) is 37.8 Å². The van der Waals surface area contributed by atoms with Gasteiger partial charge in [0, 0.05) is 18.4 Å². The van der Waals surface area contributed by atoms with Gasteiger partial charge < -0.3 is 4.90 Å². The maximum atomic E-state index is 12.7. The number of aromatic nitrogens is 2. The minimum atomic E-state index is 0.0184. The van der Waals surface area contributed by atoms with E-state index < -0.39 is 0 Å². The summed E-state index contributed by atoms with van der Waals surface area (Å²) in [5.74, 6) is 0.946. The van der Waals surface area contributed by atoms with Crippen LogP contribution in [0.4, 0.5) is 0 Å². The van der Waals surface area contributed by atoms with Gasteiger partial charge in [0.1, 0.15) is 0 Å². The molecule has 2 heterocycles. The van der Waals surface area contributed by atoms with E-state index in [4.69, 9.17) is 0 Å². The van der Waals surface area contributed by atoms with Gasteiger partial charge in [-0.2, -0.15) is 0 Å². The zero-order chi connectivity index (χ0) is 15.4. The molecule has 22 heavy (non-hydrogen) atoms. The minimum Gasteiger partial charge on any atom is -0.332 e. The fraction of sp³-hybridized carbons (Fsp3) is 0.389. The van der Waals surface area contributed by atoms with Crippen LogP contribution in [-0.2, 0) is 11.2 Å². The summed E-state index contributed by atoms with van der Waals surface area (Å²) in [6.07, 6.45) is 5.36. The maximum absolute atomic E-state index is 12.7. The van der Waals surface area contributed by atoms with Crippen molar-refractivity contribution in [2.75, 3.05) is 6.54 Å². The van der Waals surface area contributed by atoms with Gasteiger partial charge in [0.25, 0.3) is 0 Å². The number of aryl methyl sites for hydroxylation is 1. The van der Waals surface area contributed by atoms with Crippen LogP contribution >= 0.6 is 0 Å². The highest BCUT2D eigenvalue weighted by Crippen LogP contribution is 2.29. The predicted molar refractivity (Wildman–Crippen MR) is 85.2 cm³/mol. The van der Waals surface area contributed by atoms with Crippen LogP contribution in [0.3, 0.4) is 0 Å². The van der Waals surface area contributed by atoms with Crippen molar-refractivity contribution in [1.82, 2.24) is 14.9 Å². The van der Waals surface area contributed by atoms with Crippen LogP contribution in [0.1, 0.15) is 42.4 Å². The molecule has 1 saturated heterocycles. The highest BCUT2D eigenvalue weighted by molar-refractivity contribution is 5.79. The van der Waals surface area contributed by atoms with Crippen LogP contribution in [0.2, 0.25) is 0 Å². The number of carbonyl (C=O) groups is 1. The second-order valence-electron chi connectivity index (χ2n) is 5.82. The van der Waals surface area contributed by atoms with E-state index in [1.54, 1.807) is 6.20 Å². The molecule has 0 bridgehead atoms. The summed E-state index contributed by atoms with van der Waals surface area (Å²) in [6, 6.07) is 11.8. The lowest BCUT2D eigenvalue weighted by molar-refractivity contribution is -0.134. The van der Waals surface area contributed by atoms with Crippen LogP contribution in [0.5, 0.6) is 0 Å². The number of hydrogen-bond acceptors (Lipinski definition) is 3. The summed E-state index contributed by atoms with van der Waals surface area (Å²) in [5.41, 5.74) is 2.01. The van der Waals surface area contributed by atoms with Crippen molar-refractivity contribution in [3.63, 3.8) is 0 Å². The Morgan fingerprint density at radius 2 is 2.05 bits per heavy atom. The lowest BCUT2D eigenvalue weighted by Crippen LogP contribution is -2.40. The number of amides is 1. The summed E-state index contributed by atoms with van der Waals surface area (Å²) in [5, 5.41) is 0. The van der Waals surface area contributed by atoms with Gasteiger partial charge in [0.15, 0.2) is 5.82 Å².